The van der Waals surface area contributed by atoms with E-state index in [9.17, 15) is 9.59 Å². The lowest BCUT2D eigenvalue weighted by molar-refractivity contribution is -0.140. The van der Waals surface area contributed by atoms with Crippen LogP contribution in [0.2, 0.25) is 5.02 Å². The van der Waals surface area contributed by atoms with Gasteiger partial charge in [0.05, 0.1) is 10.9 Å². The molecule has 102 valence electrons. The molecule has 5 nitrogen and oxygen atoms in total. The molecule has 0 spiro atoms. The first-order valence-corrected chi connectivity index (χ1v) is 7.65. The van der Waals surface area contributed by atoms with Gasteiger partial charge in [0.15, 0.2) is 0 Å². The van der Waals surface area contributed by atoms with Crippen LogP contribution in [0.4, 0.5) is 10.5 Å². The number of carboxylic acids is 1. The molecule has 1 aliphatic heterocycles. The summed E-state index contributed by atoms with van der Waals surface area (Å²) in [6.07, 6.45) is 0. The number of rotatable bonds is 2. The van der Waals surface area contributed by atoms with E-state index in [1.807, 2.05) is 0 Å². The molecular formula is C11H10BrClN2O3S. The fourth-order valence-electron chi connectivity index (χ4n) is 1.62. The van der Waals surface area contributed by atoms with Crippen molar-refractivity contribution in [3.63, 3.8) is 0 Å². The first-order valence-electron chi connectivity index (χ1n) is 5.32. The molecule has 1 heterocycles. The summed E-state index contributed by atoms with van der Waals surface area (Å²) in [4.78, 5) is 24.3. The number of carbonyl (C=O) groups is 2. The van der Waals surface area contributed by atoms with Crippen molar-refractivity contribution in [1.82, 2.24) is 4.90 Å². The molecule has 19 heavy (non-hydrogen) atoms. The van der Waals surface area contributed by atoms with E-state index in [1.165, 1.54) is 16.7 Å². The van der Waals surface area contributed by atoms with E-state index < -0.39 is 18.0 Å². The number of hydrogen-bond acceptors (Lipinski definition) is 3. The maximum absolute atomic E-state index is 12.0. The number of urea groups is 1. The van der Waals surface area contributed by atoms with Gasteiger partial charge in [0.1, 0.15) is 6.04 Å². The molecule has 1 unspecified atom stereocenters. The topological polar surface area (TPSA) is 69.6 Å². The third-order valence-corrected chi connectivity index (χ3v) is 4.84. The predicted molar refractivity (Wildman–Crippen MR) is 78.8 cm³/mol. The van der Waals surface area contributed by atoms with E-state index in [2.05, 4.69) is 21.2 Å². The molecule has 1 saturated heterocycles. The molecule has 0 bridgehead atoms. The molecule has 1 aromatic rings. The Bertz CT molecular complexity index is 529. The summed E-state index contributed by atoms with van der Waals surface area (Å²) in [5.41, 5.74) is 0.527. The number of thioether (sulfide) groups is 1. The van der Waals surface area contributed by atoms with Crippen LogP contribution in [0, 0.1) is 0 Å². The van der Waals surface area contributed by atoms with Gasteiger partial charge >= 0.3 is 12.0 Å². The monoisotopic (exact) mass is 364 g/mol. The second kappa shape index (κ2) is 6.02. The molecule has 0 aliphatic carbocycles. The second-order valence-electron chi connectivity index (χ2n) is 3.88. The summed E-state index contributed by atoms with van der Waals surface area (Å²) in [6, 6.07) is 3.78. The summed E-state index contributed by atoms with van der Waals surface area (Å²) in [5.74, 6) is -0.217. The van der Waals surface area contributed by atoms with Crippen LogP contribution in [0.15, 0.2) is 22.7 Å². The predicted octanol–water partition coefficient (Wildman–Crippen LogP) is 3.09. The van der Waals surface area contributed by atoms with Crippen molar-refractivity contribution in [2.24, 2.45) is 0 Å². The third-order valence-electron chi connectivity index (χ3n) is 2.60. The zero-order chi connectivity index (χ0) is 14.0. The second-order valence-corrected chi connectivity index (χ2v) is 6.14. The van der Waals surface area contributed by atoms with Gasteiger partial charge in [-0.2, -0.15) is 0 Å². The van der Waals surface area contributed by atoms with E-state index >= 15 is 0 Å². The largest absolute Gasteiger partial charge is 0.480 e. The zero-order valence-corrected chi connectivity index (χ0v) is 12.8. The number of nitrogens with one attached hydrogen (secondary N) is 1. The van der Waals surface area contributed by atoms with Crippen LogP contribution >= 0.6 is 39.3 Å². The van der Waals surface area contributed by atoms with Crippen LogP contribution in [-0.4, -0.2) is 39.7 Å². The summed E-state index contributed by atoms with van der Waals surface area (Å²) < 4.78 is 0.729. The van der Waals surface area contributed by atoms with Crippen LogP contribution in [0.25, 0.3) is 0 Å². The Morgan fingerprint density at radius 2 is 2.26 bits per heavy atom. The van der Waals surface area contributed by atoms with Crippen molar-refractivity contribution in [2.45, 2.75) is 6.04 Å². The van der Waals surface area contributed by atoms with Gasteiger partial charge in [0.2, 0.25) is 0 Å². The van der Waals surface area contributed by atoms with Gasteiger partial charge in [0, 0.05) is 15.9 Å². The molecule has 1 aliphatic rings. The van der Waals surface area contributed by atoms with Gasteiger partial charge in [0.25, 0.3) is 0 Å². The fraction of sp³-hybridized carbons (Fsp3) is 0.273. The van der Waals surface area contributed by atoms with E-state index in [-0.39, 0.29) is 0 Å². The van der Waals surface area contributed by atoms with Crippen molar-refractivity contribution >= 4 is 57.0 Å². The standard InChI is InChI=1S/C11H10BrClN2O3S/c12-7-2-1-6(3-8(7)13)14-11(18)15-5-19-4-9(15)10(16)17/h1-3,9H,4-5H2,(H,14,18)(H,16,17). The summed E-state index contributed by atoms with van der Waals surface area (Å²) >= 11 is 10.6. The van der Waals surface area contributed by atoms with Gasteiger partial charge in [-0.1, -0.05) is 11.6 Å². The molecule has 0 aromatic heterocycles. The highest BCUT2D eigenvalue weighted by Gasteiger charge is 2.34. The molecule has 2 rings (SSSR count). The minimum absolute atomic E-state index is 0.368. The lowest BCUT2D eigenvalue weighted by Crippen LogP contribution is -2.43. The molecule has 1 fully saturated rings. The Labute approximate surface area is 127 Å². The molecule has 0 saturated carbocycles. The summed E-state index contributed by atoms with van der Waals surface area (Å²) in [5, 5.41) is 12.1. The molecule has 1 aromatic carbocycles. The normalized spacial score (nSPS) is 18.4. The van der Waals surface area contributed by atoms with E-state index in [1.54, 1.807) is 18.2 Å². The number of hydrogen-bond donors (Lipinski definition) is 2. The number of benzene rings is 1. The smallest absolute Gasteiger partial charge is 0.327 e. The van der Waals surface area contributed by atoms with E-state index in [0.717, 1.165) is 4.47 Å². The maximum atomic E-state index is 12.0. The van der Waals surface area contributed by atoms with E-state index in [4.69, 9.17) is 16.7 Å². The van der Waals surface area contributed by atoms with Crippen LogP contribution in [-0.2, 0) is 4.79 Å². The molecule has 1 atom stereocenters. The van der Waals surface area contributed by atoms with Crippen LogP contribution in [0.5, 0.6) is 0 Å². The Kier molecular flexibility index (Phi) is 4.59. The fourth-order valence-corrected chi connectivity index (χ4v) is 3.19. The van der Waals surface area contributed by atoms with Gasteiger partial charge < -0.3 is 15.3 Å². The minimum Gasteiger partial charge on any atom is -0.480 e. The first-order chi connectivity index (χ1) is 8.99. The van der Waals surface area contributed by atoms with E-state index in [0.29, 0.717) is 22.3 Å². The van der Waals surface area contributed by atoms with Gasteiger partial charge in [-0.15, -0.1) is 11.8 Å². The SMILES string of the molecule is O=C(O)C1CSCN1C(=O)Nc1ccc(Br)c(Cl)c1. The van der Waals surface area contributed by atoms with Gasteiger partial charge in [-0.25, -0.2) is 9.59 Å². The van der Waals surface area contributed by atoms with Crippen molar-refractivity contribution in [3.8, 4) is 0 Å². The highest BCUT2D eigenvalue weighted by Crippen LogP contribution is 2.27. The Hall–Kier alpha value is -0.920. The highest BCUT2D eigenvalue weighted by molar-refractivity contribution is 9.10. The maximum Gasteiger partial charge on any atom is 0.327 e. The Balaban J connectivity index is 2.08. The number of amides is 2. The van der Waals surface area contributed by atoms with Gasteiger partial charge in [-0.3, -0.25) is 0 Å². The van der Waals surface area contributed by atoms with Crippen molar-refractivity contribution in [2.75, 3.05) is 16.9 Å². The van der Waals surface area contributed by atoms with Crippen LogP contribution < -0.4 is 5.32 Å². The molecule has 0 radical (unpaired) electrons. The van der Waals surface area contributed by atoms with Crippen molar-refractivity contribution < 1.29 is 14.7 Å². The summed E-state index contributed by atoms with van der Waals surface area (Å²) in [7, 11) is 0. The quantitative estimate of drug-likeness (QED) is 0.845. The zero-order valence-electron chi connectivity index (χ0n) is 9.60. The lowest BCUT2D eigenvalue weighted by atomic mass is 10.3. The molecule has 2 N–H and O–H groups in total. The molecule has 8 heteroatoms. The Morgan fingerprint density at radius 3 is 2.89 bits per heavy atom. The third kappa shape index (κ3) is 3.34. The van der Waals surface area contributed by atoms with Crippen LogP contribution in [0.3, 0.4) is 0 Å². The summed E-state index contributed by atoms with van der Waals surface area (Å²) in [6.45, 7) is 0. The first kappa shape index (κ1) is 14.5. The average molecular weight is 366 g/mol. The molecule has 2 amide bonds. The number of halogens is 2. The van der Waals surface area contributed by atoms with Crippen molar-refractivity contribution in [1.29, 1.82) is 0 Å². The molecular weight excluding hydrogens is 356 g/mol. The van der Waals surface area contributed by atoms with Gasteiger partial charge in [-0.05, 0) is 34.1 Å². The number of aliphatic carboxylic acids is 1. The van der Waals surface area contributed by atoms with Crippen molar-refractivity contribution in [3.05, 3.63) is 27.7 Å². The van der Waals surface area contributed by atoms with Crippen LogP contribution in [0.1, 0.15) is 0 Å². The lowest BCUT2D eigenvalue weighted by Gasteiger charge is -2.21. The number of carbonyl (C=O) groups excluding carboxylic acids is 1. The average Bonchev–Trinajstić information content (AvgIpc) is 2.83. The minimum atomic E-state index is -0.992. The number of nitrogens with zero attached hydrogens (tertiary/aromatic N) is 1. The highest BCUT2D eigenvalue weighted by atomic mass is 79.9. The Morgan fingerprint density at radius 1 is 1.53 bits per heavy atom. The number of anilines is 1. The number of carboxylic acid groups (broad SMARTS) is 1.